The molecule has 5 heteroatoms. The Hall–Kier alpha value is -1.10. The van der Waals surface area contributed by atoms with E-state index in [4.69, 9.17) is 0 Å². The van der Waals surface area contributed by atoms with Gasteiger partial charge in [0.15, 0.2) is 0 Å². The van der Waals surface area contributed by atoms with Gasteiger partial charge in [-0.1, -0.05) is 0 Å². The van der Waals surface area contributed by atoms with Crippen molar-refractivity contribution in [1.29, 1.82) is 0 Å². The van der Waals surface area contributed by atoms with E-state index in [9.17, 15) is 4.21 Å². The van der Waals surface area contributed by atoms with E-state index in [0.717, 1.165) is 5.82 Å². The van der Waals surface area contributed by atoms with Crippen LogP contribution in [-0.4, -0.2) is 14.4 Å². The molecule has 0 saturated carbocycles. The second-order valence-electron chi connectivity index (χ2n) is 1.85. The van der Waals surface area contributed by atoms with Crippen LogP contribution in [-0.2, 0) is 10.8 Å². The van der Waals surface area contributed by atoms with Gasteiger partial charge in [-0.2, -0.15) is 5.10 Å². The highest BCUT2D eigenvalue weighted by Crippen LogP contribution is 2.19. The monoisotopic (exact) mass is 155 g/mol. The van der Waals surface area contributed by atoms with Gasteiger partial charge >= 0.3 is 0 Å². The highest BCUT2D eigenvalue weighted by molar-refractivity contribution is 7.88. The minimum Gasteiger partial charge on any atom is -0.345 e. The van der Waals surface area contributed by atoms with Gasteiger partial charge in [0.2, 0.25) is 0 Å². The van der Waals surface area contributed by atoms with Crippen LogP contribution in [0.3, 0.4) is 0 Å². The average Bonchev–Trinajstić information content (AvgIpc) is 2.36. The highest BCUT2D eigenvalue weighted by atomic mass is 32.2. The van der Waals surface area contributed by atoms with E-state index in [-0.39, 0.29) is 0 Å². The van der Waals surface area contributed by atoms with Crippen molar-refractivity contribution in [3.05, 3.63) is 17.8 Å². The second kappa shape index (κ2) is 1.95. The van der Waals surface area contributed by atoms with Crippen molar-refractivity contribution in [2.45, 2.75) is 4.90 Å². The van der Waals surface area contributed by atoms with Crippen molar-refractivity contribution in [3.8, 4) is 0 Å². The molecule has 0 aliphatic carbocycles. The first-order valence-electron chi connectivity index (χ1n) is 2.75. The minimum absolute atomic E-state index is 0.711. The molecule has 0 spiro atoms. The first kappa shape index (κ1) is 5.67. The lowest BCUT2D eigenvalue weighted by atomic mass is 10.6. The molecule has 1 aromatic rings. The predicted octanol–water partition coefficient (Wildman–Crippen LogP) is 0.414. The average molecular weight is 155 g/mol. The van der Waals surface area contributed by atoms with Crippen molar-refractivity contribution in [1.82, 2.24) is 10.2 Å². The molecule has 1 aliphatic heterocycles. The molecule has 1 aromatic heterocycles. The van der Waals surface area contributed by atoms with Gasteiger partial charge < -0.3 is 5.32 Å². The van der Waals surface area contributed by atoms with E-state index in [1.807, 2.05) is 0 Å². The second-order valence-corrected chi connectivity index (χ2v) is 3.16. The summed E-state index contributed by atoms with van der Waals surface area (Å²) in [5.74, 6) is 0.723. The maximum absolute atomic E-state index is 11.1. The van der Waals surface area contributed by atoms with Crippen LogP contribution in [0.25, 0.3) is 0 Å². The number of rotatable bonds is 0. The van der Waals surface area contributed by atoms with E-state index in [0.29, 0.717) is 4.90 Å². The first-order valence-corrected chi connectivity index (χ1v) is 3.96. The number of nitrogens with zero attached hydrogens (tertiary/aromatic N) is 1. The minimum atomic E-state index is -1.02. The SMILES string of the molecule is O=S1C=CNc2[nH]ncc21. The zero-order valence-electron chi connectivity index (χ0n) is 5.00. The number of nitrogens with one attached hydrogen (secondary N) is 2. The number of anilines is 1. The standard InChI is InChI=1S/C5H5N3OS/c9-10-2-1-6-5-4(10)3-7-8-5/h1-3H,(H2,6,7,8). The summed E-state index contributed by atoms with van der Waals surface area (Å²) in [6.45, 7) is 0. The number of aromatic amines is 1. The van der Waals surface area contributed by atoms with Crippen LogP contribution in [0.5, 0.6) is 0 Å². The van der Waals surface area contributed by atoms with Crippen LogP contribution < -0.4 is 5.32 Å². The Labute approximate surface area is 59.8 Å². The van der Waals surface area contributed by atoms with Crippen molar-refractivity contribution < 1.29 is 4.21 Å². The lowest BCUT2D eigenvalue weighted by molar-refractivity contribution is 0.688. The van der Waals surface area contributed by atoms with Crippen LogP contribution in [0.15, 0.2) is 22.7 Å². The van der Waals surface area contributed by atoms with Crippen LogP contribution >= 0.6 is 0 Å². The zero-order valence-corrected chi connectivity index (χ0v) is 5.81. The largest absolute Gasteiger partial charge is 0.345 e. The molecule has 1 atom stereocenters. The van der Waals surface area contributed by atoms with Gasteiger partial charge in [-0.05, 0) is 0 Å². The van der Waals surface area contributed by atoms with Crippen molar-refractivity contribution in [2.24, 2.45) is 0 Å². The van der Waals surface area contributed by atoms with Crippen LogP contribution in [0.2, 0.25) is 0 Å². The Morgan fingerprint density at radius 2 is 2.50 bits per heavy atom. The molecule has 2 heterocycles. The molecular formula is C5H5N3OS. The summed E-state index contributed by atoms with van der Waals surface area (Å²) in [4.78, 5) is 0.711. The van der Waals surface area contributed by atoms with Crippen molar-refractivity contribution in [2.75, 3.05) is 5.32 Å². The molecule has 0 bridgehead atoms. The van der Waals surface area contributed by atoms with Gasteiger partial charge in [0.05, 0.1) is 17.0 Å². The number of aromatic nitrogens is 2. The van der Waals surface area contributed by atoms with E-state index >= 15 is 0 Å². The molecule has 0 fully saturated rings. The lowest BCUT2D eigenvalue weighted by Crippen LogP contribution is -1.99. The molecule has 0 saturated heterocycles. The summed E-state index contributed by atoms with van der Waals surface area (Å²) in [5, 5.41) is 10.9. The molecule has 2 rings (SSSR count). The van der Waals surface area contributed by atoms with E-state index in [2.05, 4.69) is 15.5 Å². The lowest BCUT2D eigenvalue weighted by Gasteiger charge is -2.03. The first-order chi connectivity index (χ1) is 4.88. The summed E-state index contributed by atoms with van der Waals surface area (Å²) in [6, 6.07) is 0. The molecule has 4 nitrogen and oxygen atoms in total. The van der Waals surface area contributed by atoms with Gasteiger partial charge in [0.25, 0.3) is 0 Å². The van der Waals surface area contributed by atoms with E-state index < -0.39 is 10.8 Å². The maximum atomic E-state index is 11.1. The van der Waals surface area contributed by atoms with E-state index in [1.165, 1.54) is 0 Å². The molecule has 0 aromatic carbocycles. The molecule has 2 N–H and O–H groups in total. The molecule has 1 aliphatic rings. The third-order valence-corrected chi connectivity index (χ3v) is 2.37. The number of H-pyrrole nitrogens is 1. The summed E-state index contributed by atoms with van der Waals surface area (Å²) >= 11 is 0. The quantitative estimate of drug-likeness (QED) is 0.570. The molecule has 0 amide bonds. The Morgan fingerprint density at radius 3 is 3.30 bits per heavy atom. The topological polar surface area (TPSA) is 57.8 Å². The van der Waals surface area contributed by atoms with Crippen LogP contribution in [0.4, 0.5) is 5.82 Å². The predicted molar refractivity (Wildman–Crippen MR) is 37.8 cm³/mol. The van der Waals surface area contributed by atoms with E-state index in [1.54, 1.807) is 17.8 Å². The van der Waals surface area contributed by atoms with Crippen LogP contribution in [0.1, 0.15) is 0 Å². The number of hydrogen-bond acceptors (Lipinski definition) is 3. The Morgan fingerprint density at radius 1 is 1.60 bits per heavy atom. The van der Waals surface area contributed by atoms with Crippen molar-refractivity contribution >= 4 is 16.6 Å². The molecule has 10 heavy (non-hydrogen) atoms. The van der Waals surface area contributed by atoms with Gasteiger partial charge in [-0.25, -0.2) is 4.21 Å². The third-order valence-electron chi connectivity index (χ3n) is 1.24. The molecule has 52 valence electrons. The smallest absolute Gasteiger partial charge is 0.142 e. The Kier molecular flexibility index (Phi) is 1.10. The van der Waals surface area contributed by atoms with Crippen molar-refractivity contribution in [3.63, 3.8) is 0 Å². The maximum Gasteiger partial charge on any atom is 0.142 e. The van der Waals surface area contributed by atoms with Gasteiger partial charge in [-0.15, -0.1) is 0 Å². The number of fused-ring (bicyclic) bond motifs is 1. The summed E-state index contributed by atoms with van der Waals surface area (Å²) in [5.41, 5.74) is 0. The Balaban J connectivity index is 2.58. The highest BCUT2D eigenvalue weighted by Gasteiger charge is 2.11. The number of hydrogen-bond donors (Lipinski definition) is 2. The summed E-state index contributed by atoms with van der Waals surface area (Å²) in [6.07, 6.45) is 3.19. The third kappa shape index (κ3) is 0.672. The normalized spacial score (nSPS) is 21.8. The molecular weight excluding hydrogens is 150 g/mol. The fourth-order valence-corrected chi connectivity index (χ4v) is 1.58. The summed E-state index contributed by atoms with van der Waals surface area (Å²) in [7, 11) is -1.02. The zero-order chi connectivity index (χ0) is 6.97. The van der Waals surface area contributed by atoms with Crippen LogP contribution in [0, 0.1) is 0 Å². The molecule has 1 unspecified atom stereocenters. The summed E-state index contributed by atoms with van der Waals surface area (Å²) < 4.78 is 11.1. The fraction of sp³-hybridized carbons (Fsp3) is 0. The fourth-order valence-electron chi connectivity index (χ4n) is 0.783. The molecule has 0 radical (unpaired) electrons. The Bertz CT molecular complexity index is 304. The van der Waals surface area contributed by atoms with Gasteiger partial charge in [-0.3, -0.25) is 5.10 Å². The van der Waals surface area contributed by atoms with Gasteiger partial charge in [0, 0.05) is 11.6 Å². The van der Waals surface area contributed by atoms with Gasteiger partial charge in [0.1, 0.15) is 10.7 Å².